The maximum atomic E-state index is 11.7. The molecule has 0 unspecified atom stereocenters. The van der Waals surface area contributed by atoms with Crippen LogP contribution in [0.15, 0.2) is 16.5 Å². The highest BCUT2D eigenvalue weighted by Crippen LogP contribution is 2.16. The van der Waals surface area contributed by atoms with Crippen molar-refractivity contribution in [3.8, 4) is 5.95 Å². The van der Waals surface area contributed by atoms with Crippen molar-refractivity contribution in [1.82, 2.24) is 5.32 Å². The zero-order chi connectivity index (χ0) is 13.1. The minimum atomic E-state index is -1.35. The minimum Gasteiger partial charge on any atom is -0.480 e. The summed E-state index contributed by atoms with van der Waals surface area (Å²) in [5, 5.41) is 11.2. The van der Waals surface area contributed by atoms with Crippen LogP contribution in [0.1, 0.15) is 31.3 Å². The van der Waals surface area contributed by atoms with Gasteiger partial charge in [-0.05, 0) is 26.8 Å². The van der Waals surface area contributed by atoms with Gasteiger partial charge in [-0.15, -0.1) is 0 Å². The molecule has 6 heteroatoms. The SMILES string of the molecule is CCOc1ccc(C(=O)NC(C)(C)C(=O)O)o1. The summed E-state index contributed by atoms with van der Waals surface area (Å²) < 4.78 is 10.1. The van der Waals surface area contributed by atoms with Gasteiger partial charge in [0.1, 0.15) is 5.54 Å². The molecular weight excluding hydrogens is 226 g/mol. The summed E-state index contributed by atoms with van der Waals surface area (Å²) in [5.41, 5.74) is -1.35. The number of ether oxygens (including phenoxy) is 1. The topological polar surface area (TPSA) is 88.8 Å². The van der Waals surface area contributed by atoms with Crippen LogP contribution < -0.4 is 10.1 Å². The van der Waals surface area contributed by atoms with E-state index in [0.717, 1.165) is 0 Å². The minimum absolute atomic E-state index is 0.0165. The predicted molar refractivity (Wildman–Crippen MR) is 59.1 cm³/mol. The van der Waals surface area contributed by atoms with Gasteiger partial charge in [0.25, 0.3) is 11.9 Å². The summed E-state index contributed by atoms with van der Waals surface area (Å²) in [6.45, 7) is 4.99. The van der Waals surface area contributed by atoms with Crippen LogP contribution in [0.4, 0.5) is 0 Å². The zero-order valence-electron chi connectivity index (χ0n) is 9.94. The maximum Gasteiger partial charge on any atom is 0.328 e. The van der Waals surface area contributed by atoms with E-state index in [2.05, 4.69) is 5.32 Å². The number of aliphatic carboxylic acids is 1. The van der Waals surface area contributed by atoms with Crippen LogP contribution in [0.25, 0.3) is 0 Å². The van der Waals surface area contributed by atoms with Crippen molar-refractivity contribution >= 4 is 11.9 Å². The van der Waals surface area contributed by atoms with Crippen LogP contribution in [-0.4, -0.2) is 29.1 Å². The molecule has 0 aliphatic carbocycles. The first-order valence-electron chi connectivity index (χ1n) is 5.15. The van der Waals surface area contributed by atoms with E-state index in [1.165, 1.54) is 26.0 Å². The van der Waals surface area contributed by atoms with E-state index in [9.17, 15) is 9.59 Å². The van der Waals surface area contributed by atoms with Crippen molar-refractivity contribution in [2.24, 2.45) is 0 Å². The number of carbonyl (C=O) groups is 2. The van der Waals surface area contributed by atoms with Crippen molar-refractivity contribution in [3.63, 3.8) is 0 Å². The Morgan fingerprint density at radius 1 is 1.47 bits per heavy atom. The molecule has 6 nitrogen and oxygen atoms in total. The third-order valence-corrected chi connectivity index (χ3v) is 2.05. The molecule has 94 valence electrons. The number of carbonyl (C=O) groups excluding carboxylic acids is 1. The molecule has 17 heavy (non-hydrogen) atoms. The molecule has 0 atom stereocenters. The van der Waals surface area contributed by atoms with Gasteiger partial charge in [0.15, 0.2) is 5.76 Å². The van der Waals surface area contributed by atoms with Crippen molar-refractivity contribution in [2.75, 3.05) is 6.61 Å². The average Bonchev–Trinajstić information content (AvgIpc) is 2.66. The summed E-state index contributed by atoms with van der Waals surface area (Å²) in [4.78, 5) is 22.5. The Labute approximate surface area is 98.6 Å². The summed E-state index contributed by atoms with van der Waals surface area (Å²) in [6, 6.07) is 2.93. The molecule has 0 aliphatic heterocycles. The van der Waals surface area contributed by atoms with Gasteiger partial charge in [-0.2, -0.15) is 0 Å². The fraction of sp³-hybridized carbons (Fsp3) is 0.455. The largest absolute Gasteiger partial charge is 0.480 e. The van der Waals surface area contributed by atoms with Gasteiger partial charge in [0.05, 0.1) is 6.61 Å². The lowest BCUT2D eigenvalue weighted by Crippen LogP contribution is -2.49. The molecule has 1 amide bonds. The second kappa shape index (κ2) is 4.90. The Morgan fingerprint density at radius 3 is 2.65 bits per heavy atom. The van der Waals surface area contributed by atoms with Gasteiger partial charge in [-0.25, -0.2) is 4.79 Å². The number of hydrogen-bond acceptors (Lipinski definition) is 4. The molecule has 1 aromatic heterocycles. The third kappa shape index (κ3) is 3.24. The van der Waals surface area contributed by atoms with Gasteiger partial charge in [-0.1, -0.05) is 0 Å². The fourth-order valence-electron chi connectivity index (χ4n) is 1.06. The average molecular weight is 241 g/mol. The molecule has 0 radical (unpaired) electrons. The number of nitrogens with one attached hydrogen (secondary N) is 1. The van der Waals surface area contributed by atoms with E-state index in [1.54, 1.807) is 6.92 Å². The lowest BCUT2D eigenvalue weighted by Gasteiger charge is -2.19. The standard InChI is InChI=1S/C11H15NO5/c1-4-16-8-6-5-7(17-8)9(13)12-11(2,3)10(14)15/h5-6H,4H2,1-3H3,(H,12,13)(H,14,15). The van der Waals surface area contributed by atoms with Crippen molar-refractivity contribution in [3.05, 3.63) is 17.9 Å². The Bertz CT molecular complexity index is 421. The highest BCUT2D eigenvalue weighted by Gasteiger charge is 2.30. The molecule has 1 heterocycles. The van der Waals surface area contributed by atoms with Crippen LogP contribution in [-0.2, 0) is 4.79 Å². The highest BCUT2D eigenvalue weighted by atomic mass is 16.6. The first-order valence-corrected chi connectivity index (χ1v) is 5.15. The maximum absolute atomic E-state index is 11.7. The number of carboxylic acids is 1. The van der Waals surface area contributed by atoms with E-state index in [4.69, 9.17) is 14.3 Å². The third-order valence-electron chi connectivity index (χ3n) is 2.05. The second-order valence-electron chi connectivity index (χ2n) is 3.94. The summed E-state index contributed by atoms with van der Waals surface area (Å²) in [7, 11) is 0. The molecule has 0 bridgehead atoms. The quantitative estimate of drug-likeness (QED) is 0.810. The van der Waals surface area contributed by atoms with Crippen LogP contribution in [0, 0.1) is 0 Å². The predicted octanol–water partition coefficient (Wildman–Crippen LogP) is 1.27. The first kappa shape index (κ1) is 13.1. The number of amides is 1. The molecule has 0 saturated heterocycles. The zero-order valence-corrected chi connectivity index (χ0v) is 9.94. The molecule has 0 aromatic carbocycles. The van der Waals surface area contributed by atoms with Gasteiger partial charge < -0.3 is 19.6 Å². The Morgan fingerprint density at radius 2 is 2.12 bits per heavy atom. The van der Waals surface area contributed by atoms with Crippen LogP contribution in [0.2, 0.25) is 0 Å². The van der Waals surface area contributed by atoms with E-state index in [0.29, 0.717) is 6.61 Å². The van der Waals surface area contributed by atoms with Gasteiger partial charge in [0.2, 0.25) is 0 Å². The first-order chi connectivity index (χ1) is 7.86. The van der Waals surface area contributed by atoms with E-state index in [-0.39, 0.29) is 11.7 Å². The fourth-order valence-corrected chi connectivity index (χ4v) is 1.06. The van der Waals surface area contributed by atoms with Crippen molar-refractivity contribution < 1.29 is 23.8 Å². The van der Waals surface area contributed by atoms with Gasteiger partial charge in [-0.3, -0.25) is 4.79 Å². The Kier molecular flexibility index (Phi) is 3.77. The molecular formula is C11H15NO5. The number of carboxylic acid groups (broad SMARTS) is 1. The molecule has 0 fully saturated rings. The molecule has 0 spiro atoms. The van der Waals surface area contributed by atoms with Crippen molar-refractivity contribution in [1.29, 1.82) is 0 Å². The lowest BCUT2D eigenvalue weighted by atomic mass is 10.1. The van der Waals surface area contributed by atoms with E-state index in [1.807, 2.05) is 0 Å². The normalized spacial score (nSPS) is 11.0. The van der Waals surface area contributed by atoms with E-state index < -0.39 is 17.4 Å². The summed E-state index contributed by atoms with van der Waals surface area (Å²) >= 11 is 0. The van der Waals surface area contributed by atoms with Gasteiger partial charge >= 0.3 is 5.97 Å². The highest BCUT2D eigenvalue weighted by molar-refractivity contribution is 5.95. The molecule has 0 saturated carbocycles. The number of rotatable bonds is 5. The Hall–Kier alpha value is -1.98. The lowest BCUT2D eigenvalue weighted by molar-refractivity contribution is -0.143. The summed E-state index contributed by atoms with van der Waals surface area (Å²) in [5.74, 6) is -1.47. The van der Waals surface area contributed by atoms with E-state index >= 15 is 0 Å². The second-order valence-corrected chi connectivity index (χ2v) is 3.94. The Balaban J connectivity index is 2.73. The number of furan rings is 1. The van der Waals surface area contributed by atoms with Crippen LogP contribution in [0.5, 0.6) is 5.95 Å². The molecule has 2 N–H and O–H groups in total. The van der Waals surface area contributed by atoms with Gasteiger partial charge in [0, 0.05) is 6.07 Å². The van der Waals surface area contributed by atoms with Crippen LogP contribution in [0.3, 0.4) is 0 Å². The molecule has 0 aliphatic rings. The van der Waals surface area contributed by atoms with Crippen LogP contribution >= 0.6 is 0 Å². The molecule has 1 rings (SSSR count). The summed E-state index contributed by atoms with van der Waals surface area (Å²) in [6.07, 6.45) is 0. The van der Waals surface area contributed by atoms with Crippen molar-refractivity contribution in [2.45, 2.75) is 26.3 Å². The smallest absolute Gasteiger partial charge is 0.328 e. The monoisotopic (exact) mass is 241 g/mol. The molecule has 1 aromatic rings. The number of hydrogen-bond donors (Lipinski definition) is 2.